The van der Waals surface area contributed by atoms with Crippen LogP contribution in [0.2, 0.25) is 0 Å². The van der Waals surface area contributed by atoms with Crippen LogP contribution >= 0.6 is 0 Å². The van der Waals surface area contributed by atoms with Gasteiger partial charge in [-0.25, -0.2) is 4.79 Å². The number of hydrogen-bond acceptors (Lipinski definition) is 3. The third-order valence-corrected chi connectivity index (χ3v) is 3.70. The van der Waals surface area contributed by atoms with Crippen molar-refractivity contribution in [3.8, 4) is 5.75 Å². The Hall–Kier alpha value is -1.55. The molecule has 0 aliphatic heterocycles. The van der Waals surface area contributed by atoms with Gasteiger partial charge in [-0.1, -0.05) is 31.9 Å². The predicted molar refractivity (Wildman–Crippen MR) is 76.3 cm³/mol. The second-order valence-electron chi connectivity index (χ2n) is 5.41. The summed E-state index contributed by atoms with van der Waals surface area (Å²) in [6.45, 7) is 3.15. The van der Waals surface area contributed by atoms with Gasteiger partial charge in [-0.15, -0.1) is 0 Å². The fourth-order valence-electron chi connectivity index (χ4n) is 2.67. The molecule has 1 saturated carbocycles. The lowest BCUT2D eigenvalue weighted by Gasteiger charge is -2.26. The molecule has 20 heavy (non-hydrogen) atoms. The van der Waals surface area contributed by atoms with Crippen molar-refractivity contribution in [2.75, 3.05) is 13.2 Å². The van der Waals surface area contributed by atoms with E-state index in [4.69, 9.17) is 14.6 Å². The maximum absolute atomic E-state index is 11.0. The first kappa shape index (κ1) is 14.9. The van der Waals surface area contributed by atoms with Crippen LogP contribution in [0.5, 0.6) is 5.75 Å². The quantitative estimate of drug-likeness (QED) is 0.811. The van der Waals surface area contributed by atoms with Gasteiger partial charge >= 0.3 is 5.97 Å². The zero-order valence-electron chi connectivity index (χ0n) is 11.9. The van der Waals surface area contributed by atoms with Gasteiger partial charge in [0.15, 0.2) is 0 Å². The molecule has 1 N–H and O–H groups in total. The Morgan fingerprint density at radius 2 is 2.10 bits per heavy atom. The van der Waals surface area contributed by atoms with Gasteiger partial charge in [0.25, 0.3) is 0 Å². The van der Waals surface area contributed by atoms with Crippen LogP contribution < -0.4 is 4.74 Å². The normalized spacial score (nSPS) is 22.4. The minimum absolute atomic E-state index is 0.193. The summed E-state index contributed by atoms with van der Waals surface area (Å²) < 4.78 is 11.3. The SMILES string of the molecule is CC1CCCC(OCCOc2ccccc2C(=O)O)C1. The van der Waals surface area contributed by atoms with Crippen LogP contribution in [-0.2, 0) is 4.74 Å². The van der Waals surface area contributed by atoms with Crippen molar-refractivity contribution in [3.63, 3.8) is 0 Å². The van der Waals surface area contributed by atoms with Crippen molar-refractivity contribution < 1.29 is 19.4 Å². The van der Waals surface area contributed by atoms with Crippen LogP contribution in [0.4, 0.5) is 0 Å². The zero-order valence-corrected chi connectivity index (χ0v) is 11.9. The van der Waals surface area contributed by atoms with Crippen molar-refractivity contribution >= 4 is 5.97 Å². The number of rotatable bonds is 6. The van der Waals surface area contributed by atoms with Crippen molar-refractivity contribution in [3.05, 3.63) is 29.8 Å². The van der Waals surface area contributed by atoms with E-state index >= 15 is 0 Å². The van der Waals surface area contributed by atoms with Gasteiger partial charge in [0.05, 0.1) is 12.7 Å². The first-order valence-corrected chi connectivity index (χ1v) is 7.23. The van der Waals surface area contributed by atoms with E-state index in [-0.39, 0.29) is 5.56 Å². The summed E-state index contributed by atoms with van der Waals surface area (Å²) in [7, 11) is 0. The molecule has 2 atom stereocenters. The Labute approximate surface area is 119 Å². The molecule has 4 heteroatoms. The molecule has 2 rings (SSSR count). The molecule has 1 fully saturated rings. The zero-order chi connectivity index (χ0) is 14.4. The highest BCUT2D eigenvalue weighted by atomic mass is 16.5. The lowest BCUT2D eigenvalue weighted by molar-refractivity contribution is 0.00177. The molecule has 0 heterocycles. The molecule has 0 bridgehead atoms. The Bertz CT molecular complexity index is 444. The van der Waals surface area contributed by atoms with Gasteiger partial charge in [-0.2, -0.15) is 0 Å². The summed E-state index contributed by atoms with van der Waals surface area (Å²) in [5, 5.41) is 9.04. The fraction of sp³-hybridized carbons (Fsp3) is 0.562. The van der Waals surface area contributed by atoms with E-state index in [9.17, 15) is 4.79 Å². The van der Waals surface area contributed by atoms with Crippen molar-refractivity contribution in [1.82, 2.24) is 0 Å². The number of para-hydroxylation sites is 1. The van der Waals surface area contributed by atoms with E-state index in [1.807, 2.05) is 0 Å². The summed E-state index contributed by atoms with van der Waals surface area (Å²) in [4.78, 5) is 11.0. The van der Waals surface area contributed by atoms with Gasteiger partial charge in [0.2, 0.25) is 0 Å². The first-order chi connectivity index (χ1) is 9.66. The Morgan fingerprint density at radius 3 is 2.85 bits per heavy atom. The number of hydrogen-bond donors (Lipinski definition) is 1. The van der Waals surface area contributed by atoms with Crippen molar-refractivity contribution in [1.29, 1.82) is 0 Å². The van der Waals surface area contributed by atoms with Gasteiger partial charge in [-0.05, 0) is 30.9 Å². The minimum Gasteiger partial charge on any atom is -0.490 e. The van der Waals surface area contributed by atoms with Crippen LogP contribution in [0.1, 0.15) is 43.0 Å². The van der Waals surface area contributed by atoms with E-state index in [0.29, 0.717) is 25.1 Å². The molecule has 0 radical (unpaired) electrons. The maximum Gasteiger partial charge on any atom is 0.339 e. The molecule has 1 aromatic rings. The topological polar surface area (TPSA) is 55.8 Å². The van der Waals surface area contributed by atoms with Crippen LogP contribution in [0, 0.1) is 5.92 Å². The van der Waals surface area contributed by atoms with Crippen molar-refractivity contribution in [2.45, 2.75) is 38.7 Å². The van der Waals surface area contributed by atoms with Crippen LogP contribution in [0.15, 0.2) is 24.3 Å². The molecule has 110 valence electrons. The summed E-state index contributed by atoms with van der Waals surface area (Å²) in [6, 6.07) is 6.68. The number of carboxylic acid groups (broad SMARTS) is 1. The van der Waals surface area contributed by atoms with Gasteiger partial charge < -0.3 is 14.6 Å². The summed E-state index contributed by atoms with van der Waals surface area (Å²) in [5.74, 6) is 0.172. The Morgan fingerprint density at radius 1 is 1.30 bits per heavy atom. The number of aromatic carboxylic acids is 1. The Balaban J connectivity index is 1.74. The molecule has 1 aromatic carbocycles. The highest BCUT2D eigenvalue weighted by molar-refractivity contribution is 5.90. The summed E-state index contributed by atoms with van der Waals surface area (Å²) in [6.07, 6.45) is 5.09. The van der Waals surface area contributed by atoms with E-state index in [1.165, 1.54) is 12.8 Å². The number of benzene rings is 1. The maximum atomic E-state index is 11.0. The number of ether oxygens (including phenoxy) is 2. The van der Waals surface area contributed by atoms with E-state index in [0.717, 1.165) is 18.8 Å². The second kappa shape index (κ2) is 7.29. The molecule has 0 amide bonds. The molecule has 0 aromatic heterocycles. The minimum atomic E-state index is -0.970. The molecule has 0 spiro atoms. The standard InChI is InChI=1S/C16H22O4/c1-12-5-4-6-13(11-12)19-9-10-20-15-8-3-2-7-14(15)16(17)18/h2-3,7-8,12-13H,4-6,9-11H2,1H3,(H,17,18). The monoisotopic (exact) mass is 278 g/mol. The first-order valence-electron chi connectivity index (χ1n) is 7.23. The fourth-order valence-corrected chi connectivity index (χ4v) is 2.67. The molecular weight excluding hydrogens is 256 g/mol. The summed E-state index contributed by atoms with van der Waals surface area (Å²) in [5.41, 5.74) is 0.193. The molecule has 0 saturated heterocycles. The molecule has 1 aliphatic carbocycles. The lowest BCUT2D eigenvalue weighted by Crippen LogP contribution is -2.23. The van der Waals surface area contributed by atoms with E-state index in [1.54, 1.807) is 24.3 Å². The molecule has 4 nitrogen and oxygen atoms in total. The van der Waals surface area contributed by atoms with Gasteiger partial charge in [0, 0.05) is 0 Å². The predicted octanol–water partition coefficient (Wildman–Crippen LogP) is 3.36. The number of carbonyl (C=O) groups is 1. The largest absolute Gasteiger partial charge is 0.490 e. The van der Waals surface area contributed by atoms with Crippen molar-refractivity contribution in [2.24, 2.45) is 5.92 Å². The average Bonchev–Trinajstić information content (AvgIpc) is 2.44. The highest BCUT2D eigenvalue weighted by Gasteiger charge is 2.19. The molecule has 1 aliphatic rings. The number of carboxylic acids is 1. The third kappa shape index (κ3) is 4.23. The summed E-state index contributed by atoms with van der Waals surface area (Å²) >= 11 is 0. The van der Waals surface area contributed by atoms with Crippen LogP contribution in [0.25, 0.3) is 0 Å². The molecular formula is C16H22O4. The second-order valence-corrected chi connectivity index (χ2v) is 5.41. The van der Waals surface area contributed by atoms with E-state index < -0.39 is 5.97 Å². The Kier molecular flexibility index (Phi) is 5.41. The van der Waals surface area contributed by atoms with E-state index in [2.05, 4.69) is 6.92 Å². The third-order valence-electron chi connectivity index (χ3n) is 3.70. The highest BCUT2D eigenvalue weighted by Crippen LogP contribution is 2.25. The molecule has 2 unspecified atom stereocenters. The van der Waals surface area contributed by atoms with Crippen LogP contribution in [0.3, 0.4) is 0 Å². The van der Waals surface area contributed by atoms with Crippen LogP contribution in [-0.4, -0.2) is 30.4 Å². The van der Waals surface area contributed by atoms with Gasteiger partial charge in [-0.3, -0.25) is 0 Å². The smallest absolute Gasteiger partial charge is 0.339 e. The van der Waals surface area contributed by atoms with Gasteiger partial charge in [0.1, 0.15) is 17.9 Å². The average molecular weight is 278 g/mol. The lowest BCUT2D eigenvalue weighted by atomic mass is 9.89.